The zero-order valence-electron chi connectivity index (χ0n) is 22.1. The number of carbonyl (C=O) groups excluding carboxylic acids is 2. The molecule has 210 valence electrons. The van der Waals surface area contributed by atoms with Gasteiger partial charge >= 0.3 is 0 Å². The van der Waals surface area contributed by atoms with Crippen LogP contribution < -0.4 is 15.4 Å². The van der Waals surface area contributed by atoms with E-state index in [0.29, 0.717) is 45.6 Å². The Kier molecular flexibility index (Phi) is 8.49. The topological polar surface area (TPSA) is 137 Å². The minimum Gasteiger partial charge on any atom is -0.497 e. The summed E-state index contributed by atoms with van der Waals surface area (Å²) in [6.07, 6.45) is 4.42. The number of rotatable bonds is 9. The van der Waals surface area contributed by atoms with Gasteiger partial charge in [-0.15, -0.1) is 0 Å². The maximum atomic E-state index is 13.2. The van der Waals surface area contributed by atoms with Crippen molar-refractivity contribution >= 4 is 29.4 Å². The number of hydrogen-bond donors (Lipinski definition) is 4. The predicted molar refractivity (Wildman–Crippen MR) is 150 cm³/mol. The predicted octanol–water partition coefficient (Wildman–Crippen LogP) is 3.33. The zero-order chi connectivity index (χ0) is 28.2. The van der Waals surface area contributed by atoms with Crippen molar-refractivity contribution in [2.75, 3.05) is 25.6 Å². The average molecular weight is 566 g/mol. The second kappa shape index (κ2) is 12.2. The highest BCUT2D eigenvalue weighted by atomic mass is 35.5. The normalized spacial score (nSPS) is 19.2. The minimum atomic E-state index is -0.629. The summed E-state index contributed by atoms with van der Waals surface area (Å²) in [4.78, 5) is 36.5. The molecule has 5 rings (SSSR count). The first-order valence-electron chi connectivity index (χ1n) is 13.3. The van der Waals surface area contributed by atoms with E-state index in [1.165, 1.54) is 11.1 Å². The first-order chi connectivity index (χ1) is 19.3. The van der Waals surface area contributed by atoms with Gasteiger partial charge in [0, 0.05) is 23.7 Å². The van der Waals surface area contributed by atoms with Gasteiger partial charge in [-0.25, -0.2) is 9.97 Å². The highest BCUT2D eigenvalue weighted by Crippen LogP contribution is 2.32. The lowest BCUT2D eigenvalue weighted by atomic mass is 9.93. The number of halogens is 1. The van der Waals surface area contributed by atoms with Crippen LogP contribution in [0, 0.1) is 0 Å². The van der Waals surface area contributed by atoms with Gasteiger partial charge in [0.05, 0.1) is 42.8 Å². The van der Waals surface area contributed by atoms with E-state index in [2.05, 4.69) is 20.6 Å². The summed E-state index contributed by atoms with van der Waals surface area (Å²) >= 11 is 6.45. The molecule has 3 aromatic rings. The quantitative estimate of drug-likeness (QED) is 0.310. The number of hydrogen-bond acceptors (Lipinski definition) is 8. The number of methoxy groups -OCH3 is 1. The molecule has 4 N–H and O–H groups in total. The number of fused-ring (bicyclic) bond motifs is 1. The molecule has 1 atom stereocenters. The standard InChI is InChI=1S/C29H32ClN5O5/c1-40-22-4-2-3-17(11-22)25(16-36)33-26(38)15-35-14-19-6-5-18(12-23(19)28(35)39)27-24(30)13-31-29(34-27)32-20-7-9-21(37)10-8-20/h2-6,11-13,20-21,25,36-37H,7-10,14-16H2,1H3,(H,33,38)(H,31,32,34)/t20-,21-,25?. The van der Waals surface area contributed by atoms with E-state index in [-0.39, 0.29) is 37.1 Å². The Balaban J connectivity index is 1.26. The van der Waals surface area contributed by atoms with Crippen molar-refractivity contribution in [2.45, 2.75) is 50.4 Å². The lowest BCUT2D eigenvalue weighted by Crippen LogP contribution is -2.40. The summed E-state index contributed by atoms with van der Waals surface area (Å²) in [7, 11) is 1.55. The van der Waals surface area contributed by atoms with Gasteiger partial charge in [0.25, 0.3) is 5.91 Å². The third-order valence-corrected chi connectivity index (χ3v) is 7.66. The molecule has 0 saturated heterocycles. The van der Waals surface area contributed by atoms with Crippen molar-refractivity contribution in [3.63, 3.8) is 0 Å². The summed E-state index contributed by atoms with van der Waals surface area (Å²) in [6, 6.07) is 12.1. The first kappa shape index (κ1) is 27.8. The molecule has 0 radical (unpaired) electrons. The SMILES string of the molecule is COc1cccc(C(CO)NC(=O)CN2Cc3ccc(-c4nc(N[C@H]5CC[C@H](O)CC5)ncc4Cl)cc3C2=O)c1. The molecular weight excluding hydrogens is 534 g/mol. The van der Waals surface area contributed by atoms with E-state index in [0.717, 1.165) is 31.2 Å². The molecule has 1 unspecified atom stereocenters. The van der Waals surface area contributed by atoms with E-state index in [1.807, 2.05) is 12.1 Å². The molecule has 2 amide bonds. The fourth-order valence-corrected chi connectivity index (χ4v) is 5.38. The van der Waals surface area contributed by atoms with Crippen LogP contribution in [-0.4, -0.2) is 69.3 Å². The number of nitrogens with zero attached hydrogens (tertiary/aromatic N) is 3. The number of aliphatic hydroxyl groups excluding tert-OH is 2. The summed E-state index contributed by atoms with van der Waals surface area (Å²) < 4.78 is 5.23. The molecule has 0 bridgehead atoms. The molecular formula is C29H32ClN5O5. The maximum Gasteiger partial charge on any atom is 0.254 e. The van der Waals surface area contributed by atoms with Crippen LogP contribution in [0.2, 0.25) is 5.02 Å². The molecule has 0 spiro atoms. The van der Waals surface area contributed by atoms with Gasteiger partial charge in [-0.05, 0) is 55.0 Å². The van der Waals surface area contributed by atoms with Gasteiger partial charge in [0.2, 0.25) is 11.9 Å². The maximum absolute atomic E-state index is 13.2. The summed E-state index contributed by atoms with van der Waals surface area (Å²) in [6.45, 7) is -0.153. The zero-order valence-corrected chi connectivity index (χ0v) is 22.9. The Morgan fingerprint density at radius 2 is 2.00 bits per heavy atom. The van der Waals surface area contributed by atoms with Crippen LogP contribution in [0.15, 0.2) is 48.7 Å². The van der Waals surface area contributed by atoms with Crippen molar-refractivity contribution < 1.29 is 24.5 Å². The lowest BCUT2D eigenvalue weighted by Gasteiger charge is -2.26. The molecule has 10 nitrogen and oxygen atoms in total. The molecule has 1 fully saturated rings. The fourth-order valence-electron chi connectivity index (χ4n) is 5.18. The third-order valence-electron chi connectivity index (χ3n) is 7.38. The van der Waals surface area contributed by atoms with Crippen LogP contribution in [-0.2, 0) is 11.3 Å². The fraction of sp³-hybridized carbons (Fsp3) is 0.379. The molecule has 2 heterocycles. The Hall–Kier alpha value is -3.73. The monoisotopic (exact) mass is 565 g/mol. The van der Waals surface area contributed by atoms with Crippen LogP contribution >= 0.6 is 11.6 Å². The van der Waals surface area contributed by atoms with E-state index >= 15 is 0 Å². The second-order valence-corrected chi connectivity index (χ2v) is 10.6. The number of nitrogens with one attached hydrogen (secondary N) is 2. The Labute approximate surface area is 237 Å². The number of aliphatic hydroxyl groups is 2. The highest BCUT2D eigenvalue weighted by molar-refractivity contribution is 6.33. The smallest absolute Gasteiger partial charge is 0.254 e. The lowest BCUT2D eigenvalue weighted by molar-refractivity contribution is -0.122. The molecule has 1 aliphatic heterocycles. The van der Waals surface area contributed by atoms with E-state index in [1.54, 1.807) is 37.4 Å². The molecule has 11 heteroatoms. The second-order valence-electron chi connectivity index (χ2n) is 10.2. The number of benzene rings is 2. The van der Waals surface area contributed by atoms with Crippen LogP contribution in [0.3, 0.4) is 0 Å². The number of carbonyl (C=O) groups is 2. The summed E-state index contributed by atoms with van der Waals surface area (Å²) in [5, 5.41) is 26.1. The number of ether oxygens (including phenoxy) is 1. The number of aromatic nitrogens is 2. The Morgan fingerprint density at radius 3 is 2.75 bits per heavy atom. The number of anilines is 1. The Morgan fingerprint density at radius 1 is 1.20 bits per heavy atom. The largest absolute Gasteiger partial charge is 0.497 e. The van der Waals surface area contributed by atoms with Gasteiger partial charge in [-0.2, -0.15) is 0 Å². The molecule has 2 aromatic carbocycles. The molecule has 1 aliphatic carbocycles. The van der Waals surface area contributed by atoms with Crippen molar-refractivity contribution in [1.29, 1.82) is 0 Å². The average Bonchev–Trinajstić information content (AvgIpc) is 3.27. The Bertz CT molecular complexity index is 1390. The highest BCUT2D eigenvalue weighted by Gasteiger charge is 2.30. The van der Waals surface area contributed by atoms with Crippen molar-refractivity contribution in [1.82, 2.24) is 20.2 Å². The van der Waals surface area contributed by atoms with Gasteiger partial charge in [0.1, 0.15) is 12.3 Å². The minimum absolute atomic E-state index is 0.151. The number of amides is 2. The first-order valence-corrected chi connectivity index (χ1v) is 13.7. The van der Waals surface area contributed by atoms with Crippen LogP contribution in [0.4, 0.5) is 5.95 Å². The van der Waals surface area contributed by atoms with Gasteiger partial charge in [-0.3, -0.25) is 9.59 Å². The molecule has 2 aliphatic rings. The van der Waals surface area contributed by atoms with E-state index in [9.17, 15) is 19.8 Å². The van der Waals surface area contributed by atoms with Gasteiger partial charge in [0.15, 0.2) is 0 Å². The van der Waals surface area contributed by atoms with Crippen molar-refractivity contribution in [3.05, 3.63) is 70.4 Å². The summed E-state index contributed by atoms with van der Waals surface area (Å²) in [5.74, 6) is 0.415. The van der Waals surface area contributed by atoms with Crippen molar-refractivity contribution in [3.8, 4) is 17.0 Å². The van der Waals surface area contributed by atoms with E-state index in [4.69, 9.17) is 16.3 Å². The third kappa shape index (κ3) is 6.19. The van der Waals surface area contributed by atoms with Crippen molar-refractivity contribution in [2.24, 2.45) is 0 Å². The summed E-state index contributed by atoms with van der Waals surface area (Å²) in [5.41, 5.74) is 3.17. The molecule has 40 heavy (non-hydrogen) atoms. The van der Waals surface area contributed by atoms with Gasteiger partial charge < -0.3 is 30.5 Å². The molecule has 1 saturated carbocycles. The van der Waals surface area contributed by atoms with E-state index < -0.39 is 6.04 Å². The van der Waals surface area contributed by atoms with Crippen LogP contribution in [0.1, 0.15) is 53.2 Å². The molecule has 1 aromatic heterocycles. The van der Waals surface area contributed by atoms with Gasteiger partial charge in [-0.1, -0.05) is 35.9 Å². The van der Waals surface area contributed by atoms with Crippen LogP contribution in [0.25, 0.3) is 11.3 Å². The van der Waals surface area contributed by atoms with Crippen LogP contribution in [0.5, 0.6) is 5.75 Å².